The Kier molecular flexibility index (Phi) is 5.51. The summed E-state index contributed by atoms with van der Waals surface area (Å²) in [5.41, 5.74) is -1.01. The predicted molar refractivity (Wildman–Crippen MR) is 87.6 cm³/mol. The van der Waals surface area contributed by atoms with Gasteiger partial charge < -0.3 is 4.74 Å². The number of nitro groups is 1. The molecule has 2 aromatic rings. The van der Waals surface area contributed by atoms with E-state index in [4.69, 9.17) is 16.3 Å². The highest BCUT2D eigenvalue weighted by molar-refractivity contribution is 9.11. The number of benzene rings is 2. The molecule has 0 aliphatic rings. The van der Waals surface area contributed by atoms with Crippen LogP contribution in [-0.4, -0.2) is 4.92 Å². The third kappa shape index (κ3) is 4.07. The highest BCUT2D eigenvalue weighted by Gasteiger charge is 2.31. The van der Waals surface area contributed by atoms with Gasteiger partial charge >= 0.3 is 11.9 Å². The van der Waals surface area contributed by atoms with Crippen LogP contribution in [0, 0.1) is 10.1 Å². The molecule has 0 spiro atoms. The molecule has 0 aromatic heterocycles. The standard InChI is InChI=1S/C15H8BrClF3NO3/c16-7-6-9-2-1-3-13(14(9)21(22)23)24-12-5-4-10(8-11(12)17)15(18,19)20/h1-8H. The van der Waals surface area contributed by atoms with Crippen LogP contribution in [0.15, 0.2) is 41.4 Å². The number of halogens is 5. The minimum atomic E-state index is -4.55. The van der Waals surface area contributed by atoms with Crippen LogP contribution >= 0.6 is 27.5 Å². The molecule has 0 saturated carbocycles. The second-order valence-electron chi connectivity index (χ2n) is 4.49. The second-order valence-corrected chi connectivity index (χ2v) is 5.42. The van der Waals surface area contributed by atoms with Gasteiger partial charge in [-0.2, -0.15) is 13.2 Å². The molecular weight excluding hydrogens is 415 g/mol. The summed E-state index contributed by atoms with van der Waals surface area (Å²) in [5.74, 6) is -0.252. The zero-order chi connectivity index (χ0) is 17.9. The Hall–Kier alpha value is -2.06. The van der Waals surface area contributed by atoms with Crippen molar-refractivity contribution < 1.29 is 22.8 Å². The molecule has 0 fully saturated rings. The van der Waals surface area contributed by atoms with E-state index < -0.39 is 16.7 Å². The van der Waals surface area contributed by atoms with E-state index in [1.165, 1.54) is 29.3 Å². The monoisotopic (exact) mass is 421 g/mol. The lowest BCUT2D eigenvalue weighted by Crippen LogP contribution is -2.04. The van der Waals surface area contributed by atoms with Crippen LogP contribution in [0.1, 0.15) is 11.1 Å². The summed E-state index contributed by atoms with van der Waals surface area (Å²) >= 11 is 8.83. The average molecular weight is 423 g/mol. The molecule has 9 heteroatoms. The van der Waals surface area contributed by atoms with Gasteiger partial charge in [-0.15, -0.1) is 0 Å². The largest absolute Gasteiger partial charge is 0.449 e. The molecule has 0 bridgehead atoms. The molecule has 0 aliphatic heterocycles. The minimum Gasteiger partial charge on any atom is -0.449 e. The number of rotatable bonds is 4. The number of hydrogen-bond donors (Lipinski definition) is 0. The lowest BCUT2D eigenvalue weighted by Gasteiger charge is -2.12. The van der Waals surface area contributed by atoms with Crippen LogP contribution in [0.3, 0.4) is 0 Å². The van der Waals surface area contributed by atoms with E-state index in [0.29, 0.717) is 6.07 Å². The smallest absolute Gasteiger partial charge is 0.416 e. The third-order valence-corrected chi connectivity index (χ3v) is 3.49. The Balaban J connectivity index is 2.45. The Morgan fingerprint density at radius 1 is 1.21 bits per heavy atom. The highest BCUT2D eigenvalue weighted by Crippen LogP contribution is 2.40. The van der Waals surface area contributed by atoms with Gasteiger partial charge in [-0.05, 0) is 41.4 Å². The van der Waals surface area contributed by atoms with E-state index in [1.54, 1.807) is 0 Å². The first-order valence-electron chi connectivity index (χ1n) is 6.33. The fourth-order valence-corrected chi connectivity index (χ4v) is 2.40. The Morgan fingerprint density at radius 3 is 2.46 bits per heavy atom. The molecule has 0 heterocycles. The molecule has 126 valence electrons. The first-order valence-corrected chi connectivity index (χ1v) is 7.62. The molecular formula is C15H8BrClF3NO3. The summed E-state index contributed by atoms with van der Waals surface area (Å²) in [4.78, 5) is 12.1. The lowest BCUT2D eigenvalue weighted by molar-refractivity contribution is -0.385. The van der Waals surface area contributed by atoms with E-state index in [9.17, 15) is 23.3 Å². The van der Waals surface area contributed by atoms with E-state index in [-0.39, 0.29) is 27.8 Å². The lowest BCUT2D eigenvalue weighted by atomic mass is 10.1. The van der Waals surface area contributed by atoms with Crippen LogP contribution < -0.4 is 4.74 Å². The zero-order valence-electron chi connectivity index (χ0n) is 11.7. The van der Waals surface area contributed by atoms with Gasteiger partial charge in [-0.25, -0.2) is 0 Å². The fraction of sp³-hybridized carbons (Fsp3) is 0.0667. The van der Waals surface area contributed by atoms with Crippen molar-refractivity contribution in [2.45, 2.75) is 6.18 Å². The molecule has 0 N–H and O–H groups in total. The third-order valence-electron chi connectivity index (χ3n) is 2.93. The first-order chi connectivity index (χ1) is 11.2. The summed E-state index contributed by atoms with van der Waals surface area (Å²) in [6.45, 7) is 0. The maximum atomic E-state index is 12.6. The van der Waals surface area contributed by atoms with Crippen LogP contribution in [0.2, 0.25) is 5.02 Å². The first kappa shape index (κ1) is 18.3. The van der Waals surface area contributed by atoms with Gasteiger partial charge in [-0.1, -0.05) is 33.6 Å². The number of para-hydroxylation sites is 1. The molecule has 0 aliphatic carbocycles. The van der Waals surface area contributed by atoms with E-state index in [2.05, 4.69) is 15.9 Å². The van der Waals surface area contributed by atoms with Crippen LogP contribution in [0.25, 0.3) is 6.08 Å². The SMILES string of the molecule is O=[N+]([O-])c1c(C=CBr)cccc1Oc1ccc(C(F)(F)F)cc1Cl. The van der Waals surface area contributed by atoms with Gasteiger partial charge in [0, 0.05) is 0 Å². The molecule has 24 heavy (non-hydrogen) atoms. The Bertz CT molecular complexity index is 809. The van der Waals surface area contributed by atoms with Gasteiger partial charge in [0.05, 0.1) is 21.1 Å². The number of ether oxygens (including phenoxy) is 1. The van der Waals surface area contributed by atoms with Crippen LogP contribution in [0.4, 0.5) is 18.9 Å². The molecule has 2 aromatic carbocycles. The molecule has 0 atom stereocenters. The summed E-state index contributed by atoms with van der Waals surface area (Å²) in [7, 11) is 0. The van der Waals surface area contributed by atoms with Gasteiger partial charge in [0.1, 0.15) is 5.75 Å². The van der Waals surface area contributed by atoms with Crippen molar-refractivity contribution in [3.63, 3.8) is 0 Å². The fourth-order valence-electron chi connectivity index (χ4n) is 1.90. The van der Waals surface area contributed by atoms with E-state index in [1.807, 2.05) is 0 Å². The van der Waals surface area contributed by atoms with Crippen LogP contribution in [-0.2, 0) is 6.18 Å². The number of hydrogen-bond acceptors (Lipinski definition) is 3. The van der Waals surface area contributed by atoms with Crippen molar-refractivity contribution in [3.05, 3.63) is 67.6 Å². The Labute approximate surface area is 147 Å². The van der Waals surface area contributed by atoms with Crippen LogP contribution in [0.5, 0.6) is 11.5 Å². The quantitative estimate of drug-likeness (QED) is 0.422. The summed E-state index contributed by atoms with van der Waals surface area (Å²) < 4.78 is 43.3. The minimum absolute atomic E-state index is 0.118. The van der Waals surface area contributed by atoms with Crippen molar-refractivity contribution in [1.82, 2.24) is 0 Å². The summed E-state index contributed by atoms with van der Waals surface area (Å²) in [6.07, 6.45) is -3.10. The zero-order valence-corrected chi connectivity index (χ0v) is 14.0. The highest BCUT2D eigenvalue weighted by atomic mass is 79.9. The molecule has 2 rings (SSSR count). The van der Waals surface area contributed by atoms with Gasteiger partial charge in [-0.3, -0.25) is 10.1 Å². The van der Waals surface area contributed by atoms with Gasteiger partial charge in [0.15, 0.2) is 0 Å². The van der Waals surface area contributed by atoms with E-state index in [0.717, 1.165) is 12.1 Å². The number of alkyl halides is 3. The maximum Gasteiger partial charge on any atom is 0.416 e. The molecule has 4 nitrogen and oxygen atoms in total. The predicted octanol–water partition coefficient (Wildman–Crippen LogP) is 6.42. The average Bonchev–Trinajstić information content (AvgIpc) is 2.48. The summed E-state index contributed by atoms with van der Waals surface area (Å²) in [5, 5.41) is 11.0. The molecule has 0 unspecified atom stereocenters. The maximum absolute atomic E-state index is 12.6. The van der Waals surface area contributed by atoms with Gasteiger partial charge in [0.25, 0.3) is 0 Å². The van der Waals surface area contributed by atoms with Crippen molar-refractivity contribution in [1.29, 1.82) is 0 Å². The molecule has 0 radical (unpaired) electrons. The van der Waals surface area contributed by atoms with Crippen molar-refractivity contribution in [2.24, 2.45) is 0 Å². The Morgan fingerprint density at radius 2 is 1.92 bits per heavy atom. The second kappa shape index (κ2) is 7.23. The number of nitro benzene ring substituents is 1. The van der Waals surface area contributed by atoms with Gasteiger partial charge in [0.2, 0.25) is 5.75 Å². The molecule has 0 amide bonds. The number of nitrogens with zero attached hydrogens (tertiary/aromatic N) is 1. The van der Waals surface area contributed by atoms with Crippen molar-refractivity contribution in [2.75, 3.05) is 0 Å². The summed E-state index contributed by atoms with van der Waals surface area (Å²) in [6, 6.07) is 6.85. The van der Waals surface area contributed by atoms with E-state index >= 15 is 0 Å². The van der Waals surface area contributed by atoms with Crippen molar-refractivity contribution >= 4 is 39.3 Å². The topological polar surface area (TPSA) is 52.4 Å². The van der Waals surface area contributed by atoms with Crippen molar-refractivity contribution in [3.8, 4) is 11.5 Å². The molecule has 0 saturated heterocycles. The normalized spacial score (nSPS) is 11.7.